The molecule has 3 unspecified atom stereocenters. The molecule has 0 saturated heterocycles. The number of ether oxygens (including phenoxy) is 4. The molecule has 3 aromatic rings. The maximum Gasteiger partial charge on any atom is 0.209 e. The molecule has 10 heteroatoms. The molecule has 3 aliphatic rings. The van der Waals surface area contributed by atoms with Crippen LogP contribution in [-0.4, -0.2) is 60.9 Å². The Morgan fingerprint density at radius 3 is 2.10 bits per heavy atom. The Morgan fingerprint density at radius 1 is 0.875 bits per heavy atom. The molecule has 0 aliphatic heterocycles. The quantitative estimate of drug-likeness (QED) is 0.436. The Labute approximate surface area is 227 Å². The summed E-state index contributed by atoms with van der Waals surface area (Å²) in [4.78, 5) is 41.1. The zero-order valence-electron chi connectivity index (χ0n) is 22.6. The van der Waals surface area contributed by atoms with Crippen LogP contribution >= 0.6 is 0 Å². The third kappa shape index (κ3) is 2.83. The Kier molecular flexibility index (Phi) is 5.28. The van der Waals surface area contributed by atoms with Crippen molar-refractivity contribution in [2.24, 2.45) is 0 Å². The molecular formula is C30H26O10. The average molecular weight is 547 g/mol. The highest BCUT2D eigenvalue weighted by atomic mass is 16.5. The molecule has 0 amide bonds. The molecule has 3 N–H and O–H groups in total. The highest BCUT2D eigenvalue weighted by Gasteiger charge is 2.54. The monoisotopic (exact) mass is 546 g/mol. The number of methoxy groups -OCH3 is 4. The lowest BCUT2D eigenvalue weighted by molar-refractivity contribution is -0.122. The van der Waals surface area contributed by atoms with Gasteiger partial charge in [-0.25, -0.2) is 0 Å². The predicted octanol–water partition coefficient (Wildman–Crippen LogP) is 3.19. The van der Waals surface area contributed by atoms with Gasteiger partial charge in [-0.05, 0) is 42.7 Å². The molecule has 0 aromatic heterocycles. The molecule has 0 spiro atoms. The Bertz CT molecular complexity index is 1860. The van der Waals surface area contributed by atoms with Crippen LogP contribution in [0.15, 0.2) is 34.3 Å². The maximum absolute atomic E-state index is 14.0. The van der Waals surface area contributed by atoms with Gasteiger partial charge in [0.05, 0.1) is 45.7 Å². The summed E-state index contributed by atoms with van der Waals surface area (Å²) in [5, 5.41) is 35.7. The molecule has 6 rings (SSSR count). The van der Waals surface area contributed by atoms with E-state index in [-0.39, 0.29) is 61.4 Å². The number of hydrogen-bond donors (Lipinski definition) is 3. The first-order chi connectivity index (χ1) is 19.0. The molecule has 40 heavy (non-hydrogen) atoms. The van der Waals surface area contributed by atoms with Crippen molar-refractivity contribution < 1.29 is 43.9 Å². The second kappa shape index (κ2) is 8.22. The number of carbonyl (C=O) groups is 2. The lowest BCUT2D eigenvalue weighted by atomic mass is 9.60. The summed E-state index contributed by atoms with van der Waals surface area (Å²) in [5.74, 6) is -4.78. The standard InChI is InChI=1S/C30H26O10/c1-10(31)25-24-21-17-11(26(33)28(35)29(24)40-6)7-14(37-3)20-15(38-4)9-13(32)19(22(17)20)23-18(21)12(30(25,2)36)8-16(39-5)27(23)34/h7-9,23,25,33,35-36H,1-6H3. The number of allylic oxidation sites excluding steroid dienone is 2. The minimum Gasteiger partial charge on any atom is -0.504 e. The second-order valence-corrected chi connectivity index (χ2v) is 10.3. The van der Waals surface area contributed by atoms with Gasteiger partial charge in [0.2, 0.25) is 11.5 Å². The molecule has 0 fully saturated rings. The van der Waals surface area contributed by atoms with Crippen molar-refractivity contribution in [1.82, 2.24) is 0 Å². The first kappa shape index (κ1) is 25.7. The van der Waals surface area contributed by atoms with Crippen molar-refractivity contribution in [3.05, 3.63) is 56.5 Å². The van der Waals surface area contributed by atoms with Gasteiger partial charge in [0.15, 0.2) is 22.7 Å². The number of ketones is 2. The van der Waals surface area contributed by atoms with Crippen molar-refractivity contribution >= 4 is 38.7 Å². The van der Waals surface area contributed by atoms with Crippen LogP contribution in [0.3, 0.4) is 0 Å². The van der Waals surface area contributed by atoms with Gasteiger partial charge in [-0.2, -0.15) is 0 Å². The SMILES string of the molecule is COC1=CC2=C3c4c(c(OC)c(O)c(O)c5cc(OC)c6c(OC)cc(=O)c(c6c45)C3C1=O)C(C(C)=O)C2(C)O. The van der Waals surface area contributed by atoms with Crippen LogP contribution in [0.2, 0.25) is 0 Å². The van der Waals surface area contributed by atoms with Crippen LogP contribution in [0.5, 0.6) is 28.7 Å². The van der Waals surface area contributed by atoms with Gasteiger partial charge in [0.25, 0.3) is 0 Å². The molecule has 10 nitrogen and oxygen atoms in total. The smallest absolute Gasteiger partial charge is 0.209 e. The minimum atomic E-state index is -1.93. The molecule has 0 heterocycles. The number of Topliss-reactive ketones (excluding diaryl/α,β-unsaturated/α-hetero) is 2. The van der Waals surface area contributed by atoms with E-state index in [1.807, 2.05) is 0 Å². The van der Waals surface area contributed by atoms with Crippen molar-refractivity contribution in [2.75, 3.05) is 28.4 Å². The molecular weight excluding hydrogens is 520 g/mol. The number of rotatable bonds is 5. The van der Waals surface area contributed by atoms with E-state index >= 15 is 0 Å². The summed E-state index contributed by atoms with van der Waals surface area (Å²) < 4.78 is 22.2. The lowest BCUT2D eigenvalue weighted by Gasteiger charge is -2.44. The molecule has 3 aromatic carbocycles. The third-order valence-electron chi connectivity index (χ3n) is 8.38. The fourth-order valence-electron chi connectivity index (χ4n) is 6.87. The number of hydrogen-bond acceptors (Lipinski definition) is 10. The fraction of sp³-hybridized carbons (Fsp3) is 0.300. The first-order valence-corrected chi connectivity index (χ1v) is 12.4. The normalized spacial score (nSPS) is 22.5. The van der Waals surface area contributed by atoms with Gasteiger partial charge in [0, 0.05) is 33.4 Å². The summed E-state index contributed by atoms with van der Waals surface area (Å²) in [6.07, 6.45) is 1.39. The average Bonchev–Trinajstić information content (AvgIpc) is 3.00. The van der Waals surface area contributed by atoms with E-state index in [1.165, 1.54) is 60.5 Å². The van der Waals surface area contributed by atoms with E-state index in [4.69, 9.17) is 18.9 Å². The Morgan fingerprint density at radius 2 is 1.52 bits per heavy atom. The van der Waals surface area contributed by atoms with Gasteiger partial charge < -0.3 is 34.3 Å². The number of aromatic hydroxyl groups is 2. The topological polar surface area (TPSA) is 149 Å². The number of aliphatic hydroxyl groups is 1. The van der Waals surface area contributed by atoms with Gasteiger partial charge in [-0.3, -0.25) is 14.4 Å². The summed E-state index contributed by atoms with van der Waals surface area (Å²) in [7, 11) is 5.36. The van der Waals surface area contributed by atoms with E-state index in [0.717, 1.165) is 0 Å². The van der Waals surface area contributed by atoms with Crippen molar-refractivity contribution in [3.63, 3.8) is 0 Å². The molecule has 206 valence electrons. The van der Waals surface area contributed by atoms with E-state index in [9.17, 15) is 29.7 Å². The van der Waals surface area contributed by atoms with Crippen molar-refractivity contribution in [3.8, 4) is 28.7 Å². The van der Waals surface area contributed by atoms with E-state index in [1.54, 1.807) is 0 Å². The largest absolute Gasteiger partial charge is 0.504 e. The molecule has 0 bridgehead atoms. The highest BCUT2D eigenvalue weighted by molar-refractivity contribution is 6.28. The number of fused-ring (bicyclic) bond motifs is 1. The maximum atomic E-state index is 14.0. The Balaban J connectivity index is 2.09. The van der Waals surface area contributed by atoms with Crippen LogP contribution in [0.25, 0.3) is 27.1 Å². The molecule has 3 aliphatic carbocycles. The van der Waals surface area contributed by atoms with Gasteiger partial charge in [0.1, 0.15) is 22.9 Å². The summed E-state index contributed by atoms with van der Waals surface area (Å²) in [6, 6.07) is 2.75. The first-order valence-electron chi connectivity index (χ1n) is 12.4. The highest BCUT2D eigenvalue weighted by Crippen LogP contribution is 2.63. The molecule has 0 saturated carbocycles. The Hall–Kier alpha value is -4.57. The van der Waals surface area contributed by atoms with Crippen LogP contribution in [-0.2, 0) is 14.3 Å². The summed E-state index contributed by atoms with van der Waals surface area (Å²) >= 11 is 0. The minimum absolute atomic E-state index is 0.0689. The molecule has 0 radical (unpaired) electrons. The number of carbonyl (C=O) groups excluding carboxylic acids is 2. The van der Waals surface area contributed by atoms with Gasteiger partial charge in [-0.1, -0.05) is 0 Å². The third-order valence-corrected chi connectivity index (χ3v) is 8.38. The van der Waals surface area contributed by atoms with E-state index in [2.05, 4.69) is 0 Å². The predicted molar refractivity (Wildman–Crippen MR) is 145 cm³/mol. The van der Waals surface area contributed by atoms with E-state index in [0.29, 0.717) is 10.9 Å². The second-order valence-electron chi connectivity index (χ2n) is 10.3. The van der Waals surface area contributed by atoms with E-state index < -0.39 is 45.9 Å². The lowest BCUT2D eigenvalue weighted by Crippen LogP contribution is -2.45. The molecule has 3 atom stereocenters. The van der Waals surface area contributed by atoms with Gasteiger partial charge >= 0.3 is 0 Å². The van der Waals surface area contributed by atoms with Crippen LogP contribution < -0.4 is 19.6 Å². The van der Waals surface area contributed by atoms with Crippen molar-refractivity contribution in [2.45, 2.75) is 31.3 Å². The van der Waals surface area contributed by atoms with Gasteiger partial charge in [-0.15, -0.1) is 0 Å². The van der Waals surface area contributed by atoms with Crippen LogP contribution in [0.1, 0.15) is 42.4 Å². The zero-order valence-corrected chi connectivity index (χ0v) is 22.6. The summed E-state index contributed by atoms with van der Waals surface area (Å²) in [5.41, 5.74) is -1.53. The van der Waals surface area contributed by atoms with Crippen LogP contribution in [0, 0.1) is 0 Å². The van der Waals surface area contributed by atoms with Crippen LogP contribution in [0.4, 0.5) is 0 Å². The fourth-order valence-corrected chi connectivity index (χ4v) is 6.87. The summed E-state index contributed by atoms with van der Waals surface area (Å²) in [6.45, 7) is 2.72. The zero-order chi connectivity index (χ0) is 29.0. The number of benzene rings is 2. The van der Waals surface area contributed by atoms with Crippen molar-refractivity contribution in [1.29, 1.82) is 0 Å².